The molecule has 1 aliphatic carbocycles. The number of pyridine rings is 1. The number of fused-ring (bicyclic) bond motifs is 2. The molecular formula is C20H20ClN2O2+. The predicted molar refractivity (Wildman–Crippen MR) is 95.6 cm³/mol. The van der Waals surface area contributed by atoms with E-state index in [1.54, 1.807) is 0 Å². The van der Waals surface area contributed by atoms with Gasteiger partial charge in [0.05, 0.1) is 11.8 Å². The highest BCUT2D eigenvalue weighted by molar-refractivity contribution is 6.30. The Labute approximate surface area is 151 Å². The van der Waals surface area contributed by atoms with Gasteiger partial charge in [-0.05, 0) is 25.0 Å². The van der Waals surface area contributed by atoms with E-state index in [1.807, 2.05) is 30.5 Å². The number of hydrogen-bond donors (Lipinski definition) is 0. The van der Waals surface area contributed by atoms with Crippen LogP contribution in [0.25, 0.3) is 10.9 Å². The van der Waals surface area contributed by atoms with Crippen LogP contribution in [0.5, 0.6) is 0 Å². The van der Waals surface area contributed by atoms with Crippen LogP contribution in [-0.2, 0) is 16.1 Å². The maximum absolute atomic E-state index is 12.6. The van der Waals surface area contributed by atoms with Crippen LogP contribution < -0.4 is 4.57 Å². The lowest BCUT2D eigenvalue weighted by molar-refractivity contribution is -0.671. The summed E-state index contributed by atoms with van der Waals surface area (Å²) in [6.45, 7) is 1.24. The quantitative estimate of drug-likeness (QED) is 0.625. The summed E-state index contributed by atoms with van der Waals surface area (Å²) in [5.41, 5.74) is 1.16. The maximum atomic E-state index is 12.6. The minimum atomic E-state index is -0.254. The van der Waals surface area contributed by atoms with Crippen LogP contribution in [0.1, 0.15) is 19.3 Å². The molecule has 5 heteroatoms. The van der Waals surface area contributed by atoms with E-state index < -0.39 is 0 Å². The topological polar surface area (TPSA) is 41.3 Å². The van der Waals surface area contributed by atoms with Gasteiger partial charge in [-0.15, -0.1) is 0 Å². The van der Waals surface area contributed by atoms with Gasteiger partial charge in [0, 0.05) is 35.5 Å². The van der Waals surface area contributed by atoms with E-state index in [-0.39, 0.29) is 23.7 Å². The minimum Gasteiger partial charge on any atom is -0.282 e. The molecule has 1 saturated heterocycles. The van der Waals surface area contributed by atoms with Crippen LogP contribution in [0.2, 0.25) is 0 Å². The Hall–Kier alpha value is -2.20. The fourth-order valence-electron chi connectivity index (χ4n) is 3.93. The smallest absolute Gasteiger partial charge is 0.233 e. The van der Waals surface area contributed by atoms with Crippen molar-refractivity contribution in [1.29, 1.82) is 0 Å². The van der Waals surface area contributed by atoms with Gasteiger partial charge in [0.25, 0.3) is 0 Å². The zero-order valence-electron chi connectivity index (χ0n) is 13.9. The first-order valence-corrected chi connectivity index (χ1v) is 9.10. The summed E-state index contributed by atoms with van der Waals surface area (Å²) in [5.74, 6) is -0.544. The van der Waals surface area contributed by atoms with E-state index in [4.69, 9.17) is 11.6 Å². The number of allylic oxidation sites excluding steroid dienone is 2. The number of benzene rings is 1. The van der Waals surface area contributed by atoms with Crippen molar-refractivity contribution < 1.29 is 14.2 Å². The zero-order valence-corrected chi connectivity index (χ0v) is 14.7. The van der Waals surface area contributed by atoms with Crippen molar-refractivity contribution >= 4 is 34.3 Å². The van der Waals surface area contributed by atoms with Crippen LogP contribution in [0.4, 0.5) is 0 Å². The minimum absolute atomic E-state index is 0.0293. The van der Waals surface area contributed by atoms with Crippen molar-refractivity contribution in [1.82, 2.24) is 4.90 Å². The lowest BCUT2D eigenvalue weighted by Crippen LogP contribution is -2.38. The normalized spacial score (nSPS) is 23.1. The standard InChI is InChI=1S/C20H20ClN2O2/c21-15-8-9-16-17(13-15)20(25)23(19(16)24)12-4-11-22-10-3-6-14-5-1-2-7-18(14)22/h1-3,5-8,10,16-17H,4,9,11-13H2/q+1/t16-,17-/m1/s1. The summed E-state index contributed by atoms with van der Waals surface area (Å²) in [6.07, 6.45) is 5.76. The molecule has 1 aliphatic heterocycles. The summed E-state index contributed by atoms with van der Waals surface area (Å²) in [6, 6.07) is 12.3. The van der Waals surface area contributed by atoms with Crippen molar-refractivity contribution in [2.24, 2.45) is 11.8 Å². The summed E-state index contributed by atoms with van der Waals surface area (Å²) in [4.78, 5) is 26.5. The summed E-state index contributed by atoms with van der Waals surface area (Å²) in [7, 11) is 0. The van der Waals surface area contributed by atoms with Gasteiger partial charge in [0.15, 0.2) is 12.7 Å². The highest BCUT2D eigenvalue weighted by Gasteiger charge is 2.47. The van der Waals surface area contributed by atoms with Crippen molar-refractivity contribution in [2.45, 2.75) is 25.8 Å². The fourth-order valence-corrected chi connectivity index (χ4v) is 4.19. The van der Waals surface area contributed by atoms with Gasteiger partial charge in [-0.3, -0.25) is 14.5 Å². The van der Waals surface area contributed by atoms with Gasteiger partial charge in [-0.25, -0.2) is 0 Å². The molecule has 0 unspecified atom stereocenters. The second-order valence-electron chi connectivity index (χ2n) is 6.75. The maximum Gasteiger partial charge on any atom is 0.233 e. The molecule has 0 bridgehead atoms. The van der Waals surface area contributed by atoms with Crippen molar-refractivity contribution in [2.75, 3.05) is 6.54 Å². The predicted octanol–water partition coefficient (Wildman–Crippen LogP) is 3.04. The molecule has 0 spiro atoms. The van der Waals surface area contributed by atoms with Crippen LogP contribution in [0.3, 0.4) is 0 Å². The SMILES string of the molecule is O=C1[C@@H]2CC=C(Cl)C[C@H]2C(=O)N1CCC[n+]1cccc2ccccc21. The van der Waals surface area contributed by atoms with E-state index >= 15 is 0 Å². The third-order valence-electron chi connectivity index (χ3n) is 5.23. The Bertz CT molecular complexity index is 872. The van der Waals surface area contributed by atoms with E-state index in [1.165, 1.54) is 10.3 Å². The van der Waals surface area contributed by atoms with E-state index in [9.17, 15) is 9.59 Å². The summed E-state index contributed by atoms with van der Waals surface area (Å²) >= 11 is 6.06. The number of imide groups is 1. The molecule has 2 atom stereocenters. The summed E-state index contributed by atoms with van der Waals surface area (Å²) in [5, 5.41) is 1.89. The number of hydrogen-bond acceptors (Lipinski definition) is 2. The molecule has 0 radical (unpaired) electrons. The van der Waals surface area contributed by atoms with Crippen molar-refractivity contribution in [3.8, 4) is 0 Å². The monoisotopic (exact) mass is 355 g/mol. The number of amides is 2. The molecule has 25 heavy (non-hydrogen) atoms. The van der Waals surface area contributed by atoms with Crippen molar-refractivity contribution in [3.05, 3.63) is 53.7 Å². The Morgan fingerprint density at radius 2 is 1.84 bits per heavy atom. The van der Waals surface area contributed by atoms with E-state index in [0.717, 1.165) is 18.5 Å². The Morgan fingerprint density at radius 3 is 2.72 bits per heavy atom. The van der Waals surface area contributed by atoms with Crippen LogP contribution in [0, 0.1) is 11.8 Å². The summed E-state index contributed by atoms with van der Waals surface area (Å²) < 4.78 is 2.17. The third-order valence-corrected chi connectivity index (χ3v) is 5.54. The first-order chi connectivity index (χ1) is 12.1. The number of carbonyl (C=O) groups excluding carboxylic acids is 2. The molecule has 128 valence electrons. The number of likely N-dealkylation sites (tertiary alicyclic amines) is 1. The van der Waals surface area contributed by atoms with Gasteiger partial charge in [-0.2, -0.15) is 4.57 Å². The van der Waals surface area contributed by atoms with Gasteiger partial charge in [0.2, 0.25) is 17.3 Å². The van der Waals surface area contributed by atoms with Crippen molar-refractivity contribution in [3.63, 3.8) is 0 Å². The molecule has 1 aromatic heterocycles. The van der Waals surface area contributed by atoms with Gasteiger partial charge >= 0.3 is 0 Å². The number of aryl methyl sites for hydroxylation is 1. The fraction of sp³-hybridized carbons (Fsp3) is 0.350. The lowest BCUT2D eigenvalue weighted by atomic mass is 9.85. The number of para-hydroxylation sites is 1. The molecule has 2 heterocycles. The number of rotatable bonds is 4. The Balaban J connectivity index is 1.44. The molecule has 1 fully saturated rings. The number of halogens is 1. The number of carbonyl (C=O) groups is 2. The van der Waals surface area contributed by atoms with Crippen LogP contribution in [-0.4, -0.2) is 23.3 Å². The molecule has 4 rings (SSSR count). The number of aromatic nitrogens is 1. The third kappa shape index (κ3) is 2.95. The molecule has 2 aliphatic rings. The molecule has 4 nitrogen and oxygen atoms in total. The molecular weight excluding hydrogens is 336 g/mol. The second kappa shape index (κ2) is 6.60. The molecule has 2 amide bonds. The molecule has 1 aromatic carbocycles. The van der Waals surface area contributed by atoms with Gasteiger partial charge in [0.1, 0.15) is 0 Å². The van der Waals surface area contributed by atoms with Gasteiger partial charge < -0.3 is 0 Å². The van der Waals surface area contributed by atoms with Gasteiger partial charge in [-0.1, -0.05) is 29.8 Å². The van der Waals surface area contributed by atoms with Crippen LogP contribution >= 0.6 is 11.6 Å². The Kier molecular flexibility index (Phi) is 4.30. The molecule has 0 saturated carbocycles. The highest BCUT2D eigenvalue weighted by Crippen LogP contribution is 2.38. The number of nitrogens with zero attached hydrogens (tertiary/aromatic N) is 2. The first-order valence-electron chi connectivity index (χ1n) is 8.72. The molecule has 0 N–H and O–H groups in total. The average molecular weight is 356 g/mol. The Morgan fingerprint density at radius 1 is 1.08 bits per heavy atom. The molecule has 2 aromatic rings. The second-order valence-corrected chi connectivity index (χ2v) is 7.23. The van der Waals surface area contributed by atoms with E-state index in [0.29, 0.717) is 24.4 Å². The zero-order chi connectivity index (χ0) is 17.4. The average Bonchev–Trinajstić information content (AvgIpc) is 2.86. The lowest BCUT2D eigenvalue weighted by Gasteiger charge is -2.17. The first kappa shape index (κ1) is 16.3. The van der Waals surface area contributed by atoms with E-state index in [2.05, 4.69) is 22.8 Å². The van der Waals surface area contributed by atoms with Crippen LogP contribution in [0.15, 0.2) is 53.7 Å². The largest absolute Gasteiger partial charge is 0.282 e. The highest BCUT2D eigenvalue weighted by atomic mass is 35.5.